The number of carbonyl (C=O) groups is 1. The van der Waals surface area contributed by atoms with E-state index in [4.69, 9.17) is 0 Å². The standard InChI is InChI=1S/C13H24N2O/c1-4-11-13(16)15(8-14-11)12-7-5-6-9(2)10(12)3/h9-12,14H,4-8H2,1-3H3. The predicted molar refractivity (Wildman–Crippen MR) is 64.9 cm³/mol. The Bertz CT molecular complexity index is 267. The van der Waals surface area contributed by atoms with E-state index in [1.165, 1.54) is 19.3 Å². The van der Waals surface area contributed by atoms with Crippen LogP contribution in [0.2, 0.25) is 0 Å². The van der Waals surface area contributed by atoms with Gasteiger partial charge in [-0.05, 0) is 24.7 Å². The van der Waals surface area contributed by atoms with Gasteiger partial charge in [-0.2, -0.15) is 0 Å². The van der Waals surface area contributed by atoms with Crippen molar-refractivity contribution in [2.75, 3.05) is 6.67 Å². The highest BCUT2D eigenvalue weighted by molar-refractivity contribution is 5.84. The fourth-order valence-electron chi connectivity index (χ4n) is 3.17. The molecule has 0 aromatic heterocycles. The van der Waals surface area contributed by atoms with Crippen molar-refractivity contribution in [2.45, 2.75) is 58.5 Å². The van der Waals surface area contributed by atoms with Gasteiger partial charge in [0.2, 0.25) is 5.91 Å². The van der Waals surface area contributed by atoms with E-state index in [1.54, 1.807) is 0 Å². The summed E-state index contributed by atoms with van der Waals surface area (Å²) in [6.07, 6.45) is 4.70. The first kappa shape index (κ1) is 11.9. The fraction of sp³-hybridized carbons (Fsp3) is 0.923. The van der Waals surface area contributed by atoms with Crippen LogP contribution >= 0.6 is 0 Å². The molecule has 0 radical (unpaired) electrons. The maximum absolute atomic E-state index is 12.2. The molecule has 16 heavy (non-hydrogen) atoms. The largest absolute Gasteiger partial charge is 0.325 e. The SMILES string of the molecule is CCC1NCN(C2CCCC(C)C2C)C1=O. The van der Waals surface area contributed by atoms with Crippen LogP contribution in [0.3, 0.4) is 0 Å². The molecule has 1 amide bonds. The smallest absolute Gasteiger partial charge is 0.241 e. The molecule has 1 saturated heterocycles. The van der Waals surface area contributed by atoms with Crippen molar-refractivity contribution in [1.82, 2.24) is 10.2 Å². The number of amides is 1. The van der Waals surface area contributed by atoms with E-state index < -0.39 is 0 Å². The number of rotatable bonds is 2. The van der Waals surface area contributed by atoms with Crippen LogP contribution in [-0.4, -0.2) is 29.6 Å². The average Bonchev–Trinajstić information content (AvgIpc) is 2.64. The molecular formula is C13H24N2O. The zero-order valence-corrected chi connectivity index (χ0v) is 10.7. The van der Waals surface area contributed by atoms with E-state index in [2.05, 4.69) is 31.0 Å². The van der Waals surface area contributed by atoms with Gasteiger partial charge in [-0.3, -0.25) is 10.1 Å². The molecule has 2 aliphatic rings. The van der Waals surface area contributed by atoms with Crippen LogP contribution < -0.4 is 5.32 Å². The van der Waals surface area contributed by atoms with Crippen molar-refractivity contribution < 1.29 is 4.79 Å². The van der Waals surface area contributed by atoms with Gasteiger partial charge >= 0.3 is 0 Å². The van der Waals surface area contributed by atoms with Gasteiger partial charge in [0.15, 0.2) is 0 Å². The summed E-state index contributed by atoms with van der Waals surface area (Å²) < 4.78 is 0. The van der Waals surface area contributed by atoms with E-state index in [0.29, 0.717) is 17.9 Å². The topological polar surface area (TPSA) is 32.3 Å². The highest BCUT2D eigenvalue weighted by Gasteiger charge is 2.39. The van der Waals surface area contributed by atoms with Crippen LogP contribution in [0.25, 0.3) is 0 Å². The second-order valence-corrected chi connectivity index (χ2v) is 5.47. The van der Waals surface area contributed by atoms with E-state index in [1.807, 2.05) is 0 Å². The summed E-state index contributed by atoms with van der Waals surface area (Å²) in [6, 6.07) is 0.546. The molecule has 3 nitrogen and oxygen atoms in total. The Morgan fingerprint density at radius 2 is 2.12 bits per heavy atom. The van der Waals surface area contributed by atoms with Crippen LogP contribution in [-0.2, 0) is 4.79 Å². The minimum absolute atomic E-state index is 0.0735. The monoisotopic (exact) mass is 224 g/mol. The number of nitrogens with one attached hydrogen (secondary N) is 1. The Morgan fingerprint density at radius 1 is 1.38 bits per heavy atom. The molecule has 0 spiro atoms. The van der Waals surface area contributed by atoms with Crippen LogP contribution in [0.5, 0.6) is 0 Å². The Labute approximate surface area is 98.6 Å². The zero-order chi connectivity index (χ0) is 11.7. The summed E-state index contributed by atoms with van der Waals surface area (Å²) in [4.78, 5) is 14.2. The van der Waals surface area contributed by atoms with E-state index in [-0.39, 0.29) is 6.04 Å². The van der Waals surface area contributed by atoms with Crippen LogP contribution in [0.15, 0.2) is 0 Å². The highest BCUT2D eigenvalue weighted by atomic mass is 16.2. The quantitative estimate of drug-likeness (QED) is 0.778. The summed E-state index contributed by atoms with van der Waals surface area (Å²) in [5.41, 5.74) is 0. The van der Waals surface area contributed by atoms with Gasteiger partial charge in [0.05, 0.1) is 12.7 Å². The van der Waals surface area contributed by atoms with E-state index in [9.17, 15) is 4.79 Å². The fourth-order valence-corrected chi connectivity index (χ4v) is 3.17. The minimum Gasteiger partial charge on any atom is -0.325 e. The van der Waals surface area contributed by atoms with Crippen molar-refractivity contribution in [3.63, 3.8) is 0 Å². The van der Waals surface area contributed by atoms with Crippen molar-refractivity contribution in [3.8, 4) is 0 Å². The Kier molecular flexibility index (Phi) is 3.53. The number of hydrogen-bond donors (Lipinski definition) is 1. The first-order valence-electron chi connectivity index (χ1n) is 6.69. The molecule has 1 aliphatic carbocycles. The van der Waals surface area contributed by atoms with Crippen LogP contribution in [0.1, 0.15) is 46.5 Å². The van der Waals surface area contributed by atoms with Crippen LogP contribution in [0.4, 0.5) is 0 Å². The highest BCUT2D eigenvalue weighted by Crippen LogP contribution is 2.33. The Hall–Kier alpha value is -0.570. The predicted octanol–water partition coefficient (Wildman–Crippen LogP) is 1.98. The van der Waals surface area contributed by atoms with Gasteiger partial charge in [-0.25, -0.2) is 0 Å². The van der Waals surface area contributed by atoms with Gasteiger partial charge < -0.3 is 4.90 Å². The lowest BCUT2D eigenvalue weighted by atomic mass is 9.77. The number of nitrogens with zero attached hydrogens (tertiary/aromatic N) is 1. The average molecular weight is 224 g/mol. The molecule has 4 unspecified atom stereocenters. The van der Waals surface area contributed by atoms with E-state index >= 15 is 0 Å². The molecule has 0 bridgehead atoms. The molecule has 1 N–H and O–H groups in total. The molecule has 3 heteroatoms. The van der Waals surface area contributed by atoms with Gasteiger partial charge in [0.1, 0.15) is 0 Å². The lowest BCUT2D eigenvalue weighted by molar-refractivity contribution is -0.132. The van der Waals surface area contributed by atoms with Gasteiger partial charge in [-0.1, -0.05) is 33.6 Å². The third-order valence-corrected chi connectivity index (χ3v) is 4.56. The third kappa shape index (κ3) is 1.97. The van der Waals surface area contributed by atoms with E-state index in [0.717, 1.165) is 19.0 Å². The molecule has 2 fully saturated rings. The number of hydrogen-bond acceptors (Lipinski definition) is 2. The Balaban J connectivity index is 2.04. The molecule has 4 atom stereocenters. The summed E-state index contributed by atoms with van der Waals surface area (Å²) >= 11 is 0. The maximum Gasteiger partial charge on any atom is 0.241 e. The summed E-state index contributed by atoms with van der Waals surface area (Å²) in [5, 5.41) is 3.32. The molecular weight excluding hydrogens is 200 g/mol. The second kappa shape index (κ2) is 4.74. The molecule has 1 saturated carbocycles. The number of carbonyl (C=O) groups excluding carboxylic acids is 1. The van der Waals surface area contributed by atoms with Crippen molar-refractivity contribution in [1.29, 1.82) is 0 Å². The first-order chi connectivity index (χ1) is 7.65. The molecule has 0 aromatic carbocycles. The first-order valence-corrected chi connectivity index (χ1v) is 6.69. The molecule has 0 aromatic rings. The second-order valence-electron chi connectivity index (χ2n) is 5.47. The van der Waals surface area contributed by atoms with Crippen molar-refractivity contribution in [2.24, 2.45) is 11.8 Å². The van der Waals surface area contributed by atoms with Gasteiger partial charge in [0.25, 0.3) is 0 Å². The molecule has 2 rings (SSSR count). The molecule has 1 heterocycles. The van der Waals surface area contributed by atoms with Gasteiger partial charge in [0, 0.05) is 6.04 Å². The van der Waals surface area contributed by atoms with Gasteiger partial charge in [-0.15, -0.1) is 0 Å². The summed E-state index contributed by atoms with van der Waals surface area (Å²) in [6.45, 7) is 7.47. The van der Waals surface area contributed by atoms with Crippen molar-refractivity contribution in [3.05, 3.63) is 0 Å². The maximum atomic E-state index is 12.2. The minimum atomic E-state index is 0.0735. The lowest BCUT2D eigenvalue weighted by Crippen LogP contribution is -2.46. The molecule has 1 aliphatic heterocycles. The van der Waals surface area contributed by atoms with Crippen molar-refractivity contribution >= 4 is 5.91 Å². The zero-order valence-electron chi connectivity index (χ0n) is 10.7. The summed E-state index contributed by atoms with van der Waals surface area (Å²) in [7, 11) is 0. The van der Waals surface area contributed by atoms with Crippen LogP contribution in [0, 0.1) is 11.8 Å². The third-order valence-electron chi connectivity index (χ3n) is 4.56. The Morgan fingerprint density at radius 3 is 2.75 bits per heavy atom. The lowest BCUT2D eigenvalue weighted by Gasteiger charge is -2.39. The molecule has 92 valence electrons. The summed E-state index contributed by atoms with van der Waals surface area (Å²) in [5.74, 6) is 1.73. The normalized spacial score (nSPS) is 40.4.